The molecule has 1 aromatic carbocycles. The van der Waals surface area contributed by atoms with Gasteiger partial charge in [0.25, 0.3) is 0 Å². The number of benzene rings is 1. The molecule has 1 aromatic rings. The van der Waals surface area contributed by atoms with Gasteiger partial charge in [-0.2, -0.15) is 0 Å². The average Bonchev–Trinajstić information content (AvgIpc) is 2.61. The Kier molecular flexibility index (Phi) is 12.6. The molecule has 0 aromatic heterocycles. The molecule has 1 unspecified atom stereocenters. The minimum Gasteiger partial charge on any atom is -1.00 e. The van der Waals surface area contributed by atoms with Crippen LogP contribution < -0.4 is 42.4 Å². The number of halogens is 3. The fourth-order valence-corrected chi connectivity index (χ4v) is 7.55. The molecule has 0 bridgehead atoms. The summed E-state index contributed by atoms with van der Waals surface area (Å²) in [5.41, 5.74) is 9.33. The Hall–Kier alpha value is 0.501. The van der Waals surface area contributed by atoms with E-state index in [0.717, 1.165) is 0 Å². The maximum atomic E-state index is 2.50. The molecule has 0 saturated heterocycles. The third-order valence-corrected chi connectivity index (χ3v) is 9.52. The van der Waals surface area contributed by atoms with Crippen molar-refractivity contribution in [3.05, 3.63) is 51.6 Å². The van der Waals surface area contributed by atoms with Crippen LogP contribution in [0.25, 0.3) is 0 Å². The number of aryl methyl sites for hydroxylation is 2. The van der Waals surface area contributed by atoms with E-state index in [2.05, 4.69) is 80.2 Å². The minimum atomic E-state index is -0.235. The summed E-state index contributed by atoms with van der Waals surface area (Å²) in [6.07, 6.45) is 2.52. The third-order valence-electron chi connectivity index (χ3n) is 5.30. The molecule has 0 spiro atoms. The largest absolute Gasteiger partial charge is 1.00 e. The zero-order valence-electron chi connectivity index (χ0n) is 16.2. The van der Waals surface area contributed by atoms with Crippen molar-refractivity contribution in [1.29, 1.82) is 0 Å². The van der Waals surface area contributed by atoms with Crippen LogP contribution in [0.5, 0.6) is 0 Å². The smallest absolute Gasteiger partial charge is 1.00 e. The van der Waals surface area contributed by atoms with Gasteiger partial charge in [-0.25, -0.2) is 0 Å². The average molecular weight is 452 g/mol. The van der Waals surface area contributed by atoms with Gasteiger partial charge in [0.15, 0.2) is 0 Å². The van der Waals surface area contributed by atoms with Crippen LogP contribution in [0, 0.1) is 13.8 Å². The second kappa shape index (κ2) is 11.4. The van der Waals surface area contributed by atoms with Gasteiger partial charge in [0.1, 0.15) is 0 Å². The van der Waals surface area contributed by atoms with E-state index in [9.17, 15) is 0 Å². The van der Waals surface area contributed by atoms with Gasteiger partial charge in [0.05, 0.1) is 0 Å². The first-order valence-electron chi connectivity index (χ1n) is 8.50. The Balaban J connectivity index is 0. The standard InChI is InChI=1S/C20H29Si.3ClH.Ti/c1-7-8-19-16(5)15(4)17(6)20(19)12-21-18-10-13(2)9-14(3)11-18;;;;/h9-11H,7-8,12,21H2,1-6H3;3*1H;/q;;;;+3/p-3. The second-order valence-corrected chi connectivity index (χ2v) is 10.2. The van der Waals surface area contributed by atoms with Gasteiger partial charge in [-0.1, -0.05) is 0 Å². The molecule has 0 aliphatic heterocycles. The van der Waals surface area contributed by atoms with Crippen LogP contribution >= 0.6 is 0 Å². The van der Waals surface area contributed by atoms with Crippen LogP contribution in [0.15, 0.2) is 40.5 Å². The molecular weight excluding hydrogens is 423 g/mol. The van der Waals surface area contributed by atoms with Crippen LogP contribution in [-0.4, -0.2) is 9.52 Å². The van der Waals surface area contributed by atoms with E-state index < -0.39 is 0 Å². The fraction of sp³-hybridized carbons (Fsp3) is 0.500. The van der Waals surface area contributed by atoms with Gasteiger partial charge in [0.2, 0.25) is 0 Å². The van der Waals surface area contributed by atoms with Crippen LogP contribution in [0.2, 0.25) is 9.76 Å². The van der Waals surface area contributed by atoms with Gasteiger partial charge < -0.3 is 37.2 Å². The zero-order valence-corrected chi connectivity index (χ0v) is 21.4. The third kappa shape index (κ3) is 5.99. The Morgan fingerprint density at radius 1 is 0.880 bits per heavy atom. The summed E-state index contributed by atoms with van der Waals surface area (Å²) in [5, 5.41) is 1.63. The van der Waals surface area contributed by atoms with Gasteiger partial charge >= 0.3 is 151 Å². The topological polar surface area (TPSA) is 0 Å². The molecule has 0 fully saturated rings. The van der Waals surface area contributed by atoms with E-state index >= 15 is 0 Å². The molecule has 25 heavy (non-hydrogen) atoms. The number of allylic oxidation sites excluding steroid dienone is 4. The maximum absolute atomic E-state index is 2.50. The van der Waals surface area contributed by atoms with Crippen molar-refractivity contribution in [1.82, 2.24) is 0 Å². The number of hydrogen-bond acceptors (Lipinski definition) is 0. The molecule has 2 rings (SSSR count). The van der Waals surface area contributed by atoms with Gasteiger partial charge in [-0.15, -0.1) is 0 Å². The molecular formula is C20H29Cl3SiTi. The number of rotatable bonds is 5. The van der Waals surface area contributed by atoms with E-state index in [1.165, 1.54) is 30.0 Å². The summed E-state index contributed by atoms with van der Waals surface area (Å²) in [6, 6.07) is 8.49. The van der Waals surface area contributed by atoms with Gasteiger partial charge in [0, 0.05) is 0 Å². The van der Waals surface area contributed by atoms with Crippen molar-refractivity contribution < 1.29 is 57.7 Å². The quantitative estimate of drug-likeness (QED) is 0.398. The molecule has 1 atom stereocenters. The van der Waals surface area contributed by atoms with Crippen LogP contribution in [-0.2, 0) is 20.4 Å². The Bertz CT molecular complexity index is 632. The molecule has 0 amide bonds. The molecule has 0 heterocycles. The van der Waals surface area contributed by atoms with Crippen LogP contribution in [0.4, 0.5) is 0 Å². The predicted octanol–water partition coefficient (Wildman–Crippen LogP) is -4.30. The van der Waals surface area contributed by atoms with Crippen molar-refractivity contribution in [3.8, 4) is 0 Å². The normalized spacial score (nSPS) is 19.8. The first-order chi connectivity index (χ1) is 10.3. The molecule has 0 N–H and O–H groups in total. The molecule has 0 radical (unpaired) electrons. The fourth-order valence-electron chi connectivity index (χ4n) is 3.91. The van der Waals surface area contributed by atoms with Crippen molar-refractivity contribution in [2.45, 2.75) is 64.1 Å². The molecule has 1 aliphatic carbocycles. The van der Waals surface area contributed by atoms with E-state index in [1.807, 2.05) is 0 Å². The Morgan fingerprint density at radius 3 is 1.88 bits per heavy atom. The second-order valence-electron chi connectivity index (χ2n) is 7.00. The summed E-state index contributed by atoms with van der Waals surface area (Å²) in [4.78, 5) is 0. The van der Waals surface area contributed by atoms with Gasteiger partial charge in [-0.05, 0) is 0 Å². The van der Waals surface area contributed by atoms with Crippen molar-refractivity contribution >= 4 is 14.7 Å². The molecule has 5 heteroatoms. The first-order valence-corrected chi connectivity index (χ1v) is 11.0. The molecule has 1 aliphatic rings. The van der Waals surface area contributed by atoms with Crippen LogP contribution in [0.1, 0.15) is 51.7 Å². The maximum Gasteiger partial charge on any atom is -1.00 e. The molecule has 0 nitrogen and oxygen atoms in total. The SMILES string of the molecule is CCCC1=C(C)C(C)=C(C)[C]1([Ti+3])C[SiH2]c1cc(C)cc(C)c1.[Cl-].[Cl-].[Cl-]. The van der Waals surface area contributed by atoms with E-state index in [1.54, 1.807) is 27.5 Å². The van der Waals surface area contributed by atoms with Gasteiger partial charge in [-0.3, -0.25) is 0 Å². The van der Waals surface area contributed by atoms with Crippen LogP contribution in [0.3, 0.4) is 0 Å². The summed E-state index contributed by atoms with van der Waals surface area (Å²) in [7, 11) is -0.235. The zero-order chi connectivity index (χ0) is 16.5. The Labute approximate surface area is 187 Å². The van der Waals surface area contributed by atoms with E-state index in [-0.39, 0.29) is 46.7 Å². The monoisotopic (exact) mass is 450 g/mol. The summed E-state index contributed by atoms with van der Waals surface area (Å²) in [5.74, 6) is 0. The summed E-state index contributed by atoms with van der Waals surface area (Å²) in [6.45, 7) is 13.8. The first kappa shape index (κ1) is 27.7. The predicted molar refractivity (Wildman–Crippen MR) is 97.6 cm³/mol. The summed E-state index contributed by atoms with van der Waals surface area (Å²) >= 11 is 2.50. The Morgan fingerprint density at radius 2 is 1.40 bits per heavy atom. The molecule has 138 valence electrons. The molecule has 0 saturated carbocycles. The number of hydrogen-bond donors (Lipinski definition) is 0. The van der Waals surface area contributed by atoms with E-state index in [0.29, 0.717) is 3.72 Å². The minimum absolute atomic E-state index is 0. The summed E-state index contributed by atoms with van der Waals surface area (Å²) < 4.78 is 0.327. The van der Waals surface area contributed by atoms with Crippen molar-refractivity contribution in [3.63, 3.8) is 0 Å². The van der Waals surface area contributed by atoms with Crippen molar-refractivity contribution in [2.75, 3.05) is 0 Å². The van der Waals surface area contributed by atoms with E-state index in [4.69, 9.17) is 0 Å². The van der Waals surface area contributed by atoms with Crippen molar-refractivity contribution in [2.24, 2.45) is 0 Å².